The monoisotopic (exact) mass is 508 g/mol. The molecule has 1 N–H and O–H groups in total. The SMILES string of the molecule is C=C(C)C(=O)OC(C)Oc1ccccc1.C=C(C)C(=O)OC1(CC)CCCC1.C=Cc1ccccc1O. The number of aromatic hydroxyl groups is 1. The third-order valence-electron chi connectivity index (χ3n) is 5.64. The lowest BCUT2D eigenvalue weighted by molar-refractivity contribution is -0.156. The van der Waals surface area contributed by atoms with Gasteiger partial charge in [0, 0.05) is 23.6 Å². The summed E-state index contributed by atoms with van der Waals surface area (Å²) in [7, 11) is 0. The molecule has 6 nitrogen and oxygen atoms in total. The Balaban J connectivity index is 0.000000286. The molecule has 0 saturated heterocycles. The van der Waals surface area contributed by atoms with Gasteiger partial charge in [-0.3, -0.25) is 0 Å². The Morgan fingerprint density at radius 2 is 1.51 bits per heavy atom. The first kappa shape index (κ1) is 31.2. The van der Waals surface area contributed by atoms with Crippen LogP contribution in [0, 0.1) is 0 Å². The quantitative estimate of drug-likeness (QED) is 0.227. The number of esters is 2. The molecule has 0 heterocycles. The van der Waals surface area contributed by atoms with Crippen molar-refractivity contribution >= 4 is 18.0 Å². The van der Waals surface area contributed by atoms with Crippen molar-refractivity contribution in [2.45, 2.75) is 71.7 Å². The van der Waals surface area contributed by atoms with E-state index in [9.17, 15) is 9.59 Å². The molecule has 0 bridgehead atoms. The molecule has 0 amide bonds. The molecule has 0 spiro atoms. The van der Waals surface area contributed by atoms with Gasteiger partial charge < -0.3 is 19.3 Å². The van der Waals surface area contributed by atoms with Crippen molar-refractivity contribution in [3.05, 3.63) is 91.0 Å². The van der Waals surface area contributed by atoms with E-state index in [2.05, 4.69) is 26.7 Å². The van der Waals surface area contributed by atoms with Gasteiger partial charge in [0.15, 0.2) is 0 Å². The Labute approximate surface area is 221 Å². The number of carbonyl (C=O) groups is 2. The summed E-state index contributed by atoms with van der Waals surface area (Å²) >= 11 is 0. The zero-order chi connectivity index (χ0) is 27.8. The van der Waals surface area contributed by atoms with E-state index >= 15 is 0 Å². The van der Waals surface area contributed by atoms with Gasteiger partial charge in [-0.05, 0) is 64.2 Å². The summed E-state index contributed by atoms with van der Waals surface area (Å²) in [5.74, 6) is 0.272. The van der Waals surface area contributed by atoms with E-state index < -0.39 is 12.3 Å². The Morgan fingerprint density at radius 1 is 0.973 bits per heavy atom. The van der Waals surface area contributed by atoms with Gasteiger partial charge in [0.1, 0.15) is 17.1 Å². The summed E-state index contributed by atoms with van der Waals surface area (Å²) < 4.78 is 15.8. The van der Waals surface area contributed by atoms with Gasteiger partial charge in [0.25, 0.3) is 0 Å². The van der Waals surface area contributed by atoms with Crippen molar-refractivity contribution < 1.29 is 28.9 Å². The molecule has 0 radical (unpaired) electrons. The summed E-state index contributed by atoms with van der Waals surface area (Å²) in [6.07, 6.45) is 6.32. The lowest BCUT2D eigenvalue weighted by atomic mass is 9.99. The number of hydrogen-bond acceptors (Lipinski definition) is 6. The predicted molar refractivity (Wildman–Crippen MR) is 148 cm³/mol. The van der Waals surface area contributed by atoms with Crippen LogP contribution in [0.3, 0.4) is 0 Å². The molecule has 37 heavy (non-hydrogen) atoms. The molecule has 1 aliphatic rings. The zero-order valence-electron chi connectivity index (χ0n) is 22.5. The van der Waals surface area contributed by atoms with Crippen molar-refractivity contribution in [2.24, 2.45) is 0 Å². The normalized spacial score (nSPS) is 13.8. The number of para-hydroxylation sites is 2. The molecule has 0 aliphatic heterocycles. The standard InChI is InChI=1S/C12H14O3.C11H18O2.C8H8O/c1-9(2)12(13)15-10(3)14-11-7-5-4-6-8-11;1-4-11(7-5-6-8-11)13-10(12)9(2)3;1-2-7-5-3-4-6-8(7)9/h4-8,10H,1H2,2-3H3;2,4-8H2,1,3H3;2-6,9H,1H2. The van der Waals surface area contributed by atoms with Crippen molar-refractivity contribution in [1.29, 1.82) is 0 Å². The number of rotatable bonds is 8. The highest BCUT2D eigenvalue weighted by Gasteiger charge is 2.35. The molecule has 1 fully saturated rings. The van der Waals surface area contributed by atoms with Gasteiger partial charge in [0.2, 0.25) is 6.29 Å². The van der Waals surface area contributed by atoms with Gasteiger partial charge in [0.05, 0.1) is 0 Å². The van der Waals surface area contributed by atoms with Crippen LogP contribution in [0.25, 0.3) is 6.08 Å². The second-order valence-electron chi connectivity index (χ2n) is 8.86. The fraction of sp³-hybridized carbons (Fsp3) is 0.355. The van der Waals surface area contributed by atoms with Gasteiger partial charge in [-0.25, -0.2) is 9.59 Å². The van der Waals surface area contributed by atoms with E-state index in [1.807, 2.05) is 30.3 Å². The largest absolute Gasteiger partial charge is 0.507 e. The zero-order valence-corrected chi connectivity index (χ0v) is 22.5. The van der Waals surface area contributed by atoms with E-state index in [1.165, 1.54) is 12.8 Å². The van der Waals surface area contributed by atoms with Gasteiger partial charge in [-0.1, -0.05) is 69.1 Å². The number of ether oxygens (including phenoxy) is 3. The van der Waals surface area contributed by atoms with E-state index in [0.717, 1.165) is 24.8 Å². The fourth-order valence-electron chi connectivity index (χ4n) is 3.46. The second-order valence-corrected chi connectivity index (χ2v) is 8.86. The molecular weight excluding hydrogens is 468 g/mol. The number of benzene rings is 2. The van der Waals surface area contributed by atoms with Crippen LogP contribution >= 0.6 is 0 Å². The fourth-order valence-corrected chi connectivity index (χ4v) is 3.46. The van der Waals surface area contributed by atoms with Crippen molar-refractivity contribution in [1.82, 2.24) is 0 Å². The molecule has 1 atom stereocenters. The van der Waals surface area contributed by atoms with Crippen molar-refractivity contribution in [3.8, 4) is 11.5 Å². The van der Waals surface area contributed by atoms with Crippen LogP contribution in [0.1, 0.15) is 65.4 Å². The third-order valence-corrected chi connectivity index (χ3v) is 5.64. The molecule has 2 aromatic rings. The van der Waals surface area contributed by atoms with Crippen LogP contribution in [-0.4, -0.2) is 28.9 Å². The van der Waals surface area contributed by atoms with Crippen molar-refractivity contribution in [2.75, 3.05) is 0 Å². The molecule has 1 saturated carbocycles. The summed E-state index contributed by atoms with van der Waals surface area (Å²) in [5, 5.41) is 9.04. The average molecular weight is 509 g/mol. The van der Waals surface area contributed by atoms with E-state index in [4.69, 9.17) is 19.3 Å². The topological polar surface area (TPSA) is 82.1 Å². The van der Waals surface area contributed by atoms with Crippen LogP contribution in [0.15, 0.2) is 85.5 Å². The molecule has 1 aliphatic carbocycles. The maximum absolute atomic E-state index is 11.3. The lowest BCUT2D eigenvalue weighted by Gasteiger charge is -2.27. The minimum absolute atomic E-state index is 0.171. The maximum Gasteiger partial charge on any atom is 0.336 e. The maximum atomic E-state index is 11.3. The smallest absolute Gasteiger partial charge is 0.336 e. The minimum atomic E-state index is -0.614. The first-order chi connectivity index (χ1) is 17.5. The predicted octanol–water partition coefficient (Wildman–Crippen LogP) is 7.39. The van der Waals surface area contributed by atoms with Gasteiger partial charge in [-0.2, -0.15) is 0 Å². The van der Waals surface area contributed by atoms with Gasteiger partial charge >= 0.3 is 11.9 Å². The summed E-state index contributed by atoms with van der Waals surface area (Å²) in [4.78, 5) is 22.5. The van der Waals surface area contributed by atoms with E-state index in [1.54, 1.807) is 51.1 Å². The first-order valence-corrected chi connectivity index (χ1v) is 12.4. The van der Waals surface area contributed by atoms with Crippen LogP contribution in [0.2, 0.25) is 0 Å². The highest BCUT2D eigenvalue weighted by atomic mass is 16.7. The highest BCUT2D eigenvalue weighted by Crippen LogP contribution is 2.36. The molecule has 200 valence electrons. The van der Waals surface area contributed by atoms with Crippen LogP contribution in [0.5, 0.6) is 11.5 Å². The highest BCUT2D eigenvalue weighted by molar-refractivity contribution is 5.87. The van der Waals surface area contributed by atoms with E-state index in [-0.39, 0.29) is 17.3 Å². The molecule has 3 rings (SSSR count). The Morgan fingerprint density at radius 3 is 1.97 bits per heavy atom. The Bertz CT molecular complexity index is 1030. The van der Waals surface area contributed by atoms with Crippen LogP contribution < -0.4 is 4.74 Å². The number of carbonyl (C=O) groups excluding carboxylic acids is 2. The number of phenols is 1. The van der Waals surface area contributed by atoms with Crippen LogP contribution in [0.4, 0.5) is 0 Å². The van der Waals surface area contributed by atoms with Crippen molar-refractivity contribution in [3.63, 3.8) is 0 Å². The average Bonchev–Trinajstić information content (AvgIpc) is 3.34. The third kappa shape index (κ3) is 11.7. The molecule has 0 aromatic heterocycles. The van der Waals surface area contributed by atoms with Gasteiger partial charge in [-0.15, -0.1) is 0 Å². The summed E-state index contributed by atoms with van der Waals surface area (Å²) in [6.45, 7) is 17.6. The number of phenolic OH excluding ortho intramolecular Hbond substituents is 1. The summed E-state index contributed by atoms with van der Waals surface area (Å²) in [5.41, 5.74) is 1.46. The first-order valence-electron chi connectivity index (χ1n) is 12.4. The molecule has 2 aromatic carbocycles. The van der Waals surface area contributed by atoms with E-state index in [0.29, 0.717) is 16.9 Å². The second kappa shape index (κ2) is 16.0. The lowest BCUT2D eigenvalue weighted by Crippen LogP contribution is -2.31. The summed E-state index contributed by atoms with van der Waals surface area (Å²) in [6, 6.07) is 16.3. The molecule has 6 heteroatoms. The number of hydrogen-bond donors (Lipinski definition) is 1. The Hall–Kier alpha value is -3.80. The molecule has 1 unspecified atom stereocenters. The minimum Gasteiger partial charge on any atom is -0.507 e. The molecular formula is C31H40O6. The van der Waals surface area contributed by atoms with Crippen LogP contribution in [-0.2, 0) is 19.1 Å². The Kier molecular flexibility index (Phi) is 13.5.